The number of hydrogen-bond donors (Lipinski definition) is 1. The molecule has 1 amide bonds. The summed E-state index contributed by atoms with van der Waals surface area (Å²) in [4.78, 5) is 24.9. The summed E-state index contributed by atoms with van der Waals surface area (Å²) in [6.07, 6.45) is 4.93. The summed E-state index contributed by atoms with van der Waals surface area (Å²) in [5.74, 6) is -1.03. The highest BCUT2D eigenvalue weighted by molar-refractivity contribution is 5.81. The SMILES string of the molecule is CC1CCC(CCC(=O)N(CC(=O)O)C2CCOCC2)O1. The van der Waals surface area contributed by atoms with Crippen LogP contribution in [-0.4, -0.2) is 59.9 Å². The van der Waals surface area contributed by atoms with Gasteiger partial charge in [0.15, 0.2) is 0 Å². The van der Waals surface area contributed by atoms with Gasteiger partial charge in [-0.2, -0.15) is 0 Å². The van der Waals surface area contributed by atoms with Crippen molar-refractivity contribution in [3.63, 3.8) is 0 Å². The molecule has 0 radical (unpaired) electrons. The van der Waals surface area contributed by atoms with Gasteiger partial charge < -0.3 is 19.5 Å². The Morgan fingerprint density at radius 1 is 1.19 bits per heavy atom. The van der Waals surface area contributed by atoms with Crippen LogP contribution in [-0.2, 0) is 19.1 Å². The lowest BCUT2D eigenvalue weighted by molar-refractivity contribution is -0.148. The van der Waals surface area contributed by atoms with Crippen molar-refractivity contribution in [3.8, 4) is 0 Å². The molecule has 2 saturated heterocycles. The van der Waals surface area contributed by atoms with Crippen molar-refractivity contribution < 1.29 is 24.2 Å². The highest BCUT2D eigenvalue weighted by Gasteiger charge is 2.29. The second-order valence-electron chi connectivity index (χ2n) is 5.94. The predicted octanol–water partition coefficient (Wildman–Crippen LogP) is 1.43. The first kappa shape index (κ1) is 16.2. The normalized spacial score (nSPS) is 26.7. The van der Waals surface area contributed by atoms with Gasteiger partial charge in [-0.15, -0.1) is 0 Å². The van der Waals surface area contributed by atoms with E-state index in [9.17, 15) is 9.59 Å². The Morgan fingerprint density at radius 3 is 2.48 bits per heavy atom. The number of carboxylic acids is 1. The fourth-order valence-corrected chi connectivity index (χ4v) is 3.09. The van der Waals surface area contributed by atoms with E-state index in [2.05, 4.69) is 0 Å². The second kappa shape index (κ2) is 7.75. The molecule has 2 heterocycles. The Morgan fingerprint density at radius 2 is 1.90 bits per heavy atom. The van der Waals surface area contributed by atoms with E-state index in [1.807, 2.05) is 6.92 Å². The minimum Gasteiger partial charge on any atom is -0.480 e. The number of carboxylic acid groups (broad SMARTS) is 1. The molecule has 2 unspecified atom stereocenters. The van der Waals surface area contributed by atoms with Crippen LogP contribution in [0.5, 0.6) is 0 Å². The van der Waals surface area contributed by atoms with Crippen molar-refractivity contribution in [3.05, 3.63) is 0 Å². The molecular formula is C15H25NO5. The molecule has 2 aliphatic heterocycles. The molecule has 0 saturated carbocycles. The summed E-state index contributed by atoms with van der Waals surface area (Å²) in [6, 6.07) is -0.00855. The Balaban J connectivity index is 1.85. The number of amides is 1. The molecule has 1 N–H and O–H groups in total. The molecule has 120 valence electrons. The number of aliphatic carboxylic acids is 1. The molecule has 0 aromatic rings. The van der Waals surface area contributed by atoms with E-state index in [-0.39, 0.29) is 30.7 Å². The number of ether oxygens (including phenoxy) is 2. The number of carbonyl (C=O) groups is 2. The lowest BCUT2D eigenvalue weighted by atomic mass is 10.0. The van der Waals surface area contributed by atoms with E-state index in [1.54, 1.807) is 0 Å². The summed E-state index contributed by atoms with van der Waals surface area (Å²) >= 11 is 0. The summed E-state index contributed by atoms with van der Waals surface area (Å²) in [7, 11) is 0. The first-order chi connectivity index (χ1) is 10.1. The summed E-state index contributed by atoms with van der Waals surface area (Å²) in [5, 5.41) is 9.03. The van der Waals surface area contributed by atoms with Crippen molar-refractivity contribution in [2.24, 2.45) is 0 Å². The fraction of sp³-hybridized carbons (Fsp3) is 0.867. The van der Waals surface area contributed by atoms with E-state index >= 15 is 0 Å². The van der Waals surface area contributed by atoms with Gasteiger partial charge in [-0.05, 0) is 39.0 Å². The molecule has 2 rings (SSSR count). The standard InChI is InChI=1S/C15H25NO5/c1-11-2-3-13(21-11)4-5-14(17)16(10-15(18)19)12-6-8-20-9-7-12/h11-13H,2-10H2,1H3,(H,18,19). The molecule has 0 aromatic heterocycles. The van der Waals surface area contributed by atoms with Crippen LogP contribution in [0.1, 0.15) is 45.4 Å². The Bertz CT molecular complexity index is 367. The van der Waals surface area contributed by atoms with E-state index in [4.69, 9.17) is 14.6 Å². The van der Waals surface area contributed by atoms with E-state index in [0.717, 1.165) is 25.7 Å². The molecule has 0 aliphatic carbocycles. The van der Waals surface area contributed by atoms with Gasteiger partial charge in [-0.1, -0.05) is 0 Å². The Labute approximate surface area is 125 Å². The van der Waals surface area contributed by atoms with Crippen LogP contribution < -0.4 is 0 Å². The third-order valence-corrected chi connectivity index (χ3v) is 4.26. The molecule has 0 aromatic carbocycles. The third-order valence-electron chi connectivity index (χ3n) is 4.26. The molecule has 0 spiro atoms. The monoisotopic (exact) mass is 299 g/mol. The number of hydrogen-bond acceptors (Lipinski definition) is 4. The van der Waals surface area contributed by atoms with Gasteiger partial charge in [-0.25, -0.2) is 0 Å². The smallest absolute Gasteiger partial charge is 0.323 e. The quantitative estimate of drug-likeness (QED) is 0.803. The first-order valence-electron chi connectivity index (χ1n) is 7.80. The summed E-state index contributed by atoms with van der Waals surface area (Å²) in [5.41, 5.74) is 0. The van der Waals surface area contributed by atoms with Gasteiger partial charge in [0.25, 0.3) is 0 Å². The van der Waals surface area contributed by atoms with Crippen LogP contribution in [0.3, 0.4) is 0 Å². The van der Waals surface area contributed by atoms with Gasteiger partial charge in [0, 0.05) is 25.7 Å². The van der Waals surface area contributed by atoms with Crippen LogP contribution in [0.25, 0.3) is 0 Å². The molecular weight excluding hydrogens is 274 g/mol. The van der Waals surface area contributed by atoms with Crippen molar-refractivity contribution in [1.29, 1.82) is 0 Å². The number of carbonyl (C=O) groups excluding carboxylic acids is 1. The number of rotatable bonds is 6. The maximum atomic E-state index is 12.4. The minimum atomic E-state index is -0.958. The average molecular weight is 299 g/mol. The van der Waals surface area contributed by atoms with Crippen LogP contribution in [0.2, 0.25) is 0 Å². The number of nitrogens with zero attached hydrogens (tertiary/aromatic N) is 1. The van der Waals surface area contributed by atoms with Crippen molar-refractivity contribution in [2.75, 3.05) is 19.8 Å². The van der Waals surface area contributed by atoms with Crippen molar-refractivity contribution in [2.45, 2.75) is 63.7 Å². The molecule has 0 bridgehead atoms. The van der Waals surface area contributed by atoms with E-state index in [0.29, 0.717) is 26.1 Å². The van der Waals surface area contributed by atoms with Crippen LogP contribution in [0.4, 0.5) is 0 Å². The Hall–Kier alpha value is -1.14. The van der Waals surface area contributed by atoms with Gasteiger partial charge >= 0.3 is 5.97 Å². The summed E-state index contributed by atoms with van der Waals surface area (Å²) in [6.45, 7) is 3.01. The zero-order valence-electron chi connectivity index (χ0n) is 12.6. The lowest BCUT2D eigenvalue weighted by Gasteiger charge is -2.33. The molecule has 21 heavy (non-hydrogen) atoms. The molecule has 2 aliphatic rings. The minimum absolute atomic E-state index is 0.00855. The van der Waals surface area contributed by atoms with Crippen LogP contribution in [0.15, 0.2) is 0 Å². The zero-order chi connectivity index (χ0) is 15.2. The largest absolute Gasteiger partial charge is 0.480 e. The van der Waals surface area contributed by atoms with Crippen LogP contribution >= 0.6 is 0 Å². The van der Waals surface area contributed by atoms with Gasteiger partial charge in [0.2, 0.25) is 5.91 Å². The highest BCUT2D eigenvalue weighted by atomic mass is 16.5. The van der Waals surface area contributed by atoms with Crippen molar-refractivity contribution >= 4 is 11.9 Å². The molecule has 2 fully saturated rings. The maximum absolute atomic E-state index is 12.4. The zero-order valence-corrected chi connectivity index (χ0v) is 12.6. The third kappa shape index (κ3) is 4.97. The second-order valence-corrected chi connectivity index (χ2v) is 5.94. The lowest BCUT2D eigenvalue weighted by Crippen LogP contribution is -2.46. The van der Waals surface area contributed by atoms with Gasteiger partial charge in [-0.3, -0.25) is 9.59 Å². The average Bonchev–Trinajstić information content (AvgIpc) is 2.88. The first-order valence-corrected chi connectivity index (χ1v) is 7.80. The van der Waals surface area contributed by atoms with Crippen LogP contribution in [0, 0.1) is 0 Å². The van der Waals surface area contributed by atoms with Gasteiger partial charge in [0.1, 0.15) is 6.54 Å². The topological polar surface area (TPSA) is 76.1 Å². The van der Waals surface area contributed by atoms with Crippen molar-refractivity contribution in [1.82, 2.24) is 4.90 Å². The van der Waals surface area contributed by atoms with E-state index < -0.39 is 5.97 Å². The Kier molecular flexibility index (Phi) is 5.99. The molecule has 6 heteroatoms. The maximum Gasteiger partial charge on any atom is 0.323 e. The predicted molar refractivity (Wildman–Crippen MR) is 76.0 cm³/mol. The fourth-order valence-electron chi connectivity index (χ4n) is 3.09. The molecule has 6 nitrogen and oxygen atoms in total. The van der Waals surface area contributed by atoms with E-state index in [1.165, 1.54) is 4.90 Å². The summed E-state index contributed by atoms with van der Waals surface area (Å²) < 4.78 is 11.0. The van der Waals surface area contributed by atoms with Gasteiger partial charge in [0.05, 0.1) is 12.2 Å². The highest BCUT2D eigenvalue weighted by Crippen LogP contribution is 2.23. The molecule has 2 atom stereocenters.